The van der Waals surface area contributed by atoms with Crippen molar-refractivity contribution in [1.82, 2.24) is 15.3 Å². The van der Waals surface area contributed by atoms with Gasteiger partial charge < -0.3 is 15.0 Å². The molecule has 2 saturated heterocycles. The van der Waals surface area contributed by atoms with Gasteiger partial charge in [0.25, 0.3) is 5.91 Å². The van der Waals surface area contributed by atoms with Crippen LogP contribution in [0.15, 0.2) is 35.3 Å². The molecule has 4 heterocycles. The van der Waals surface area contributed by atoms with Gasteiger partial charge in [0.05, 0.1) is 11.7 Å². The second-order valence-corrected chi connectivity index (χ2v) is 7.54. The number of hydrogen-bond acceptors (Lipinski definition) is 6. The number of aromatic nitrogens is 2. The van der Waals surface area contributed by atoms with Crippen LogP contribution in [0, 0.1) is 0 Å². The zero-order valence-electron chi connectivity index (χ0n) is 14.1. The predicted octanol–water partition coefficient (Wildman–Crippen LogP) is 2.49. The van der Waals surface area contributed by atoms with Crippen molar-refractivity contribution in [3.05, 3.63) is 40.8 Å². The molecule has 25 heavy (non-hydrogen) atoms. The molecule has 1 amide bonds. The molecule has 0 bridgehead atoms. The van der Waals surface area contributed by atoms with Crippen LogP contribution in [0.2, 0.25) is 0 Å². The smallest absolute Gasteiger partial charge is 0.252 e. The lowest BCUT2D eigenvalue weighted by molar-refractivity contribution is -0.113. The SMILES string of the molecule is O=C(NC[C@@H]1CCC[C@]2(CCN(c3ncccn3)C2)O1)c1ccsc1. The van der Waals surface area contributed by atoms with Crippen LogP contribution in [0.4, 0.5) is 5.95 Å². The van der Waals surface area contributed by atoms with Crippen LogP contribution in [-0.4, -0.2) is 47.2 Å². The van der Waals surface area contributed by atoms with Gasteiger partial charge in [-0.25, -0.2) is 9.97 Å². The van der Waals surface area contributed by atoms with E-state index >= 15 is 0 Å². The third-order valence-corrected chi connectivity index (χ3v) is 5.68. The lowest BCUT2D eigenvalue weighted by Gasteiger charge is -2.38. The summed E-state index contributed by atoms with van der Waals surface area (Å²) in [6.07, 6.45) is 7.80. The first-order valence-electron chi connectivity index (χ1n) is 8.74. The molecule has 2 aromatic rings. The van der Waals surface area contributed by atoms with E-state index in [9.17, 15) is 4.79 Å². The van der Waals surface area contributed by atoms with Gasteiger partial charge in [-0.05, 0) is 43.2 Å². The van der Waals surface area contributed by atoms with E-state index < -0.39 is 0 Å². The van der Waals surface area contributed by atoms with Crippen LogP contribution < -0.4 is 10.2 Å². The number of carbonyl (C=O) groups excluding carboxylic acids is 1. The second kappa shape index (κ2) is 7.09. The van der Waals surface area contributed by atoms with Crippen LogP contribution in [0.25, 0.3) is 0 Å². The Labute approximate surface area is 151 Å². The van der Waals surface area contributed by atoms with Gasteiger partial charge >= 0.3 is 0 Å². The van der Waals surface area contributed by atoms with Crippen molar-refractivity contribution in [2.75, 3.05) is 24.5 Å². The third-order valence-electron chi connectivity index (χ3n) is 5.00. The molecule has 7 heteroatoms. The first-order valence-corrected chi connectivity index (χ1v) is 9.69. The number of nitrogens with one attached hydrogen (secondary N) is 1. The Morgan fingerprint density at radius 3 is 3.08 bits per heavy atom. The average molecular weight is 358 g/mol. The van der Waals surface area contributed by atoms with E-state index in [1.807, 2.05) is 22.9 Å². The fourth-order valence-corrected chi connectivity index (χ4v) is 4.38. The Morgan fingerprint density at radius 1 is 1.40 bits per heavy atom. The normalized spacial score (nSPS) is 26.1. The van der Waals surface area contributed by atoms with Gasteiger partial charge in [0.2, 0.25) is 5.95 Å². The molecule has 0 aromatic carbocycles. The predicted molar refractivity (Wildman–Crippen MR) is 97.0 cm³/mol. The minimum Gasteiger partial charge on any atom is -0.368 e. The van der Waals surface area contributed by atoms with E-state index in [2.05, 4.69) is 20.2 Å². The summed E-state index contributed by atoms with van der Waals surface area (Å²) in [4.78, 5) is 23.0. The molecule has 0 radical (unpaired) electrons. The molecule has 132 valence electrons. The molecule has 2 atom stereocenters. The van der Waals surface area contributed by atoms with Gasteiger partial charge in [-0.15, -0.1) is 0 Å². The van der Waals surface area contributed by atoms with Crippen molar-refractivity contribution in [1.29, 1.82) is 0 Å². The summed E-state index contributed by atoms with van der Waals surface area (Å²) in [5.74, 6) is 0.756. The number of carbonyl (C=O) groups is 1. The van der Waals surface area contributed by atoms with Crippen molar-refractivity contribution in [2.45, 2.75) is 37.4 Å². The van der Waals surface area contributed by atoms with E-state index in [1.54, 1.807) is 12.4 Å². The Kier molecular flexibility index (Phi) is 4.67. The van der Waals surface area contributed by atoms with Crippen LogP contribution in [0.5, 0.6) is 0 Å². The summed E-state index contributed by atoms with van der Waals surface area (Å²) in [7, 11) is 0. The lowest BCUT2D eigenvalue weighted by atomic mass is 9.90. The molecule has 4 rings (SSSR count). The summed E-state index contributed by atoms with van der Waals surface area (Å²) in [5.41, 5.74) is 0.596. The van der Waals surface area contributed by atoms with Crippen molar-refractivity contribution >= 4 is 23.2 Å². The van der Waals surface area contributed by atoms with E-state index in [0.717, 1.165) is 50.3 Å². The summed E-state index contributed by atoms with van der Waals surface area (Å²) in [6, 6.07) is 3.68. The van der Waals surface area contributed by atoms with Crippen molar-refractivity contribution in [3.8, 4) is 0 Å². The molecule has 2 aromatic heterocycles. The van der Waals surface area contributed by atoms with E-state index in [1.165, 1.54) is 11.3 Å². The minimum atomic E-state index is -0.130. The molecule has 0 saturated carbocycles. The maximum Gasteiger partial charge on any atom is 0.252 e. The van der Waals surface area contributed by atoms with Gasteiger partial charge in [0, 0.05) is 43.0 Å². The topological polar surface area (TPSA) is 67.4 Å². The quantitative estimate of drug-likeness (QED) is 0.909. The monoisotopic (exact) mass is 358 g/mol. The molecule has 2 aliphatic rings. The number of rotatable bonds is 4. The number of anilines is 1. The zero-order chi connectivity index (χ0) is 17.1. The number of ether oxygens (including phenoxy) is 1. The second-order valence-electron chi connectivity index (χ2n) is 6.76. The minimum absolute atomic E-state index is 0.0183. The average Bonchev–Trinajstić information content (AvgIpc) is 3.31. The first kappa shape index (κ1) is 16.5. The third kappa shape index (κ3) is 3.67. The Balaban J connectivity index is 1.34. The van der Waals surface area contributed by atoms with Crippen molar-refractivity contribution in [3.63, 3.8) is 0 Å². The maximum absolute atomic E-state index is 12.1. The van der Waals surface area contributed by atoms with Gasteiger partial charge in [-0.1, -0.05) is 0 Å². The highest BCUT2D eigenvalue weighted by molar-refractivity contribution is 7.08. The van der Waals surface area contributed by atoms with Crippen LogP contribution in [0.3, 0.4) is 0 Å². The molecule has 2 fully saturated rings. The van der Waals surface area contributed by atoms with Crippen molar-refractivity contribution in [2.24, 2.45) is 0 Å². The lowest BCUT2D eigenvalue weighted by Crippen LogP contribution is -2.47. The molecule has 2 aliphatic heterocycles. The van der Waals surface area contributed by atoms with Crippen molar-refractivity contribution < 1.29 is 9.53 Å². The summed E-state index contributed by atoms with van der Waals surface area (Å²) in [6.45, 7) is 2.31. The van der Waals surface area contributed by atoms with Crippen LogP contribution >= 0.6 is 11.3 Å². The zero-order valence-corrected chi connectivity index (χ0v) is 14.9. The Bertz CT molecular complexity index is 709. The highest BCUT2D eigenvalue weighted by Crippen LogP contribution is 2.37. The summed E-state index contributed by atoms with van der Waals surface area (Å²) < 4.78 is 6.45. The van der Waals surface area contributed by atoms with Crippen LogP contribution in [0.1, 0.15) is 36.0 Å². The molecular formula is C18H22N4O2S. The van der Waals surface area contributed by atoms with Gasteiger partial charge in [0.15, 0.2) is 0 Å². The van der Waals surface area contributed by atoms with Gasteiger partial charge in [-0.3, -0.25) is 4.79 Å². The fourth-order valence-electron chi connectivity index (χ4n) is 3.74. The van der Waals surface area contributed by atoms with Gasteiger partial charge in [-0.2, -0.15) is 11.3 Å². The van der Waals surface area contributed by atoms with E-state index in [4.69, 9.17) is 4.74 Å². The highest BCUT2D eigenvalue weighted by Gasteiger charge is 2.43. The number of nitrogens with zero attached hydrogens (tertiary/aromatic N) is 3. The number of amides is 1. The molecule has 1 spiro atoms. The molecule has 0 aliphatic carbocycles. The first-order chi connectivity index (χ1) is 12.2. The fraction of sp³-hybridized carbons (Fsp3) is 0.500. The highest BCUT2D eigenvalue weighted by atomic mass is 32.1. The largest absolute Gasteiger partial charge is 0.368 e. The van der Waals surface area contributed by atoms with Gasteiger partial charge in [0.1, 0.15) is 0 Å². The van der Waals surface area contributed by atoms with E-state index in [0.29, 0.717) is 6.54 Å². The summed E-state index contributed by atoms with van der Waals surface area (Å²) >= 11 is 1.53. The van der Waals surface area contributed by atoms with E-state index in [-0.39, 0.29) is 17.6 Å². The molecule has 6 nitrogen and oxygen atoms in total. The maximum atomic E-state index is 12.1. The molecule has 0 unspecified atom stereocenters. The standard InChI is InChI=1S/C18H22N4O2S/c23-16(14-4-10-25-12-14)21-11-15-3-1-5-18(24-15)6-9-22(13-18)17-19-7-2-8-20-17/h2,4,7-8,10,12,15H,1,3,5-6,9,11,13H2,(H,21,23)/t15-,18+/m0/s1. The summed E-state index contributed by atoms with van der Waals surface area (Å²) in [5, 5.41) is 6.79. The Hall–Kier alpha value is -1.99. The molecule has 1 N–H and O–H groups in total. The van der Waals surface area contributed by atoms with Crippen LogP contribution in [-0.2, 0) is 4.74 Å². The Morgan fingerprint density at radius 2 is 2.28 bits per heavy atom. The molecular weight excluding hydrogens is 336 g/mol. The number of thiophene rings is 1. The number of hydrogen-bond donors (Lipinski definition) is 1.